The van der Waals surface area contributed by atoms with Crippen molar-refractivity contribution in [3.63, 3.8) is 0 Å². The highest BCUT2D eigenvalue weighted by Gasteiger charge is 2.13. The average molecular weight is 348 g/mol. The van der Waals surface area contributed by atoms with E-state index in [0.717, 1.165) is 29.5 Å². The molecule has 0 aliphatic rings. The summed E-state index contributed by atoms with van der Waals surface area (Å²) in [5.41, 5.74) is 14.3. The number of aromatic nitrogens is 2. The molecule has 5 heteroatoms. The summed E-state index contributed by atoms with van der Waals surface area (Å²) in [6, 6.07) is 15.2. The van der Waals surface area contributed by atoms with E-state index in [9.17, 15) is 0 Å². The zero-order chi connectivity index (χ0) is 17.4. The Morgan fingerprint density at radius 3 is 2.60 bits per heavy atom. The number of nitrogens with two attached hydrogens (primary N) is 2. The van der Waals surface area contributed by atoms with E-state index >= 15 is 0 Å². The molecule has 0 bridgehead atoms. The molecule has 0 unspecified atom stereocenters. The van der Waals surface area contributed by atoms with Gasteiger partial charge in [-0.15, -0.1) is 11.3 Å². The van der Waals surface area contributed by atoms with Crippen molar-refractivity contribution >= 4 is 44.1 Å². The number of thiophene rings is 1. The molecule has 4 nitrogen and oxygen atoms in total. The van der Waals surface area contributed by atoms with Crippen LogP contribution in [0.5, 0.6) is 0 Å². The Hall–Kier alpha value is -2.66. The SMILES string of the molecule is Cc1c(CCCc2ccc3ccccc3c2)sc2nc(N)nc(N)c12. The highest BCUT2D eigenvalue weighted by molar-refractivity contribution is 7.19. The van der Waals surface area contributed by atoms with Crippen molar-refractivity contribution in [3.8, 4) is 0 Å². The predicted molar refractivity (Wildman–Crippen MR) is 107 cm³/mol. The summed E-state index contributed by atoms with van der Waals surface area (Å²) in [5.74, 6) is 0.728. The third kappa shape index (κ3) is 3.03. The van der Waals surface area contributed by atoms with Gasteiger partial charge in [0, 0.05) is 4.88 Å². The third-order valence-electron chi connectivity index (χ3n) is 4.62. The minimum absolute atomic E-state index is 0.244. The van der Waals surface area contributed by atoms with Crippen LogP contribution in [0.3, 0.4) is 0 Å². The molecule has 25 heavy (non-hydrogen) atoms. The van der Waals surface area contributed by atoms with Gasteiger partial charge in [-0.2, -0.15) is 4.98 Å². The maximum Gasteiger partial charge on any atom is 0.223 e. The van der Waals surface area contributed by atoms with Crippen LogP contribution in [0.15, 0.2) is 42.5 Å². The van der Waals surface area contributed by atoms with E-state index in [1.54, 1.807) is 11.3 Å². The Labute approximate surface area is 150 Å². The number of benzene rings is 2. The van der Waals surface area contributed by atoms with Crippen LogP contribution in [0, 0.1) is 6.92 Å². The Kier molecular flexibility index (Phi) is 4.01. The molecule has 2 aromatic heterocycles. The average Bonchev–Trinajstić information content (AvgIpc) is 2.90. The number of nitrogens with zero attached hydrogens (tertiary/aromatic N) is 2. The van der Waals surface area contributed by atoms with E-state index in [0.29, 0.717) is 5.82 Å². The van der Waals surface area contributed by atoms with Gasteiger partial charge in [0.2, 0.25) is 5.95 Å². The topological polar surface area (TPSA) is 77.8 Å². The molecule has 0 saturated heterocycles. The first-order valence-electron chi connectivity index (χ1n) is 8.40. The van der Waals surface area contributed by atoms with E-state index in [2.05, 4.69) is 59.4 Å². The predicted octanol–water partition coefficient (Wildman–Crippen LogP) is 4.49. The van der Waals surface area contributed by atoms with Gasteiger partial charge < -0.3 is 11.5 Å². The third-order valence-corrected chi connectivity index (χ3v) is 5.86. The van der Waals surface area contributed by atoms with Crippen LogP contribution in [0.4, 0.5) is 11.8 Å². The van der Waals surface area contributed by atoms with E-state index in [1.807, 2.05) is 0 Å². The largest absolute Gasteiger partial charge is 0.383 e. The van der Waals surface area contributed by atoms with Gasteiger partial charge in [-0.1, -0.05) is 42.5 Å². The Morgan fingerprint density at radius 1 is 0.960 bits per heavy atom. The van der Waals surface area contributed by atoms with Crippen LogP contribution in [0.25, 0.3) is 21.0 Å². The number of hydrogen-bond donors (Lipinski definition) is 2. The Balaban J connectivity index is 1.52. The number of aryl methyl sites for hydroxylation is 3. The van der Waals surface area contributed by atoms with E-state index in [1.165, 1.54) is 26.8 Å². The monoisotopic (exact) mass is 348 g/mol. The fourth-order valence-corrected chi connectivity index (χ4v) is 4.55. The quantitative estimate of drug-likeness (QED) is 0.569. The maximum atomic E-state index is 6.02. The Morgan fingerprint density at radius 2 is 1.76 bits per heavy atom. The molecule has 0 aliphatic heterocycles. The van der Waals surface area contributed by atoms with Crippen molar-refractivity contribution in [2.45, 2.75) is 26.2 Å². The second kappa shape index (κ2) is 6.33. The molecule has 0 amide bonds. The van der Waals surface area contributed by atoms with Crippen LogP contribution in [-0.4, -0.2) is 9.97 Å². The van der Waals surface area contributed by atoms with Crippen molar-refractivity contribution in [3.05, 3.63) is 58.5 Å². The zero-order valence-corrected chi connectivity index (χ0v) is 14.9. The first-order chi connectivity index (χ1) is 12.1. The van der Waals surface area contributed by atoms with Gasteiger partial charge >= 0.3 is 0 Å². The number of hydrogen-bond acceptors (Lipinski definition) is 5. The molecule has 0 fully saturated rings. The summed E-state index contributed by atoms with van der Waals surface area (Å²) >= 11 is 1.68. The van der Waals surface area contributed by atoms with Crippen molar-refractivity contribution in [2.24, 2.45) is 0 Å². The standard InChI is InChI=1S/C20H20N4S/c1-12-16(25-19-17(12)18(21)23-20(22)24-19)8-4-5-13-9-10-14-6-2-3-7-15(14)11-13/h2-3,6-7,9-11H,4-5,8H2,1H3,(H4,21,22,23,24). The van der Waals surface area contributed by atoms with Gasteiger partial charge in [-0.05, 0) is 48.1 Å². The Bertz CT molecular complexity index is 1070. The molecule has 4 aromatic rings. The van der Waals surface area contributed by atoms with Crippen molar-refractivity contribution < 1.29 is 0 Å². The molecule has 0 aliphatic carbocycles. The lowest BCUT2D eigenvalue weighted by molar-refractivity contribution is 0.829. The summed E-state index contributed by atoms with van der Waals surface area (Å²) in [6.45, 7) is 2.10. The lowest BCUT2D eigenvalue weighted by atomic mass is 10.0. The molecule has 2 heterocycles. The lowest BCUT2D eigenvalue weighted by Crippen LogP contribution is -1.99. The molecule has 0 saturated carbocycles. The highest BCUT2D eigenvalue weighted by atomic mass is 32.1. The van der Waals surface area contributed by atoms with Crippen molar-refractivity contribution in [2.75, 3.05) is 11.5 Å². The molecule has 126 valence electrons. The highest BCUT2D eigenvalue weighted by Crippen LogP contribution is 2.34. The molecule has 4 N–H and O–H groups in total. The number of nitrogen functional groups attached to an aromatic ring is 2. The van der Waals surface area contributed by atoms with E-state index in [-0.39, 0.29) is 5.95 Å². The van der Waals surface area contributed by atoms with Gasteiger partial charge in [0.25, 0.3) is 0 Å². The van der Waals surface area contributed by atoms with Gasteiger partial charge in [0.1, 0.15) is 10.6 Å². The fourth-order valence-electron chi connectivity index (χ4n) is 3.32. The number of fused-ring (bicyclic) bond motifs is 2. The molecular weight excluding hydrogens is 328 g/mol. The van der Waals surface area contributed by atoms with Crippen LogP contribution in [-0.2, 0) is 12.8 Å². The smallest absolute Gasteiger partial charge is 0.223 e. The second-order valence-corrected chi connectivity index (χ2v) is 7.42. The lowest BCUT2D eigenvalue weighted by Gasteiger charge is -2.04. The van der Waals surface area contributed by atoms with Crippen LogP contribution in [0.1, 0.15) is 22.4 Å². The van der Waals surface area contributed by atoms with Gasteiger partial charge in [0.05, 0.1) is 5.39 Å². The van der Waals surface area contributed by atoms with Crippen LogP contribution in [0.2, 0.25) is 0 Å². The molecule has 2 aromatic carbocycles. The van der Waals surface area contributed by atoms with Crippen LogP contribution < -0.4 is 11.5 Å². The zero-order valence-electron chi connectivity index (χ0n) is 14.1. The van der Waals surface area contributed by atoms with E-state index in [4.69, 9.17) is 11.5 Å². The number of anilines is 2. The minimum atomic E-state index is 0.244. The van der Waals surface area contributed by atoms with Crippen molar-refractivity contribution in [1.29, 1.82) is 0 Å². The van der Waals surface area contributed by atoms with E-state index < -0.39 is 0 Å². The summed E-state index contributed by atoms with van der Waals surface area (Å²) in [4.78, 5) is 10.6. The summed E-state index contributed by atoms with van der Waals surface area (Å²) in [7, 11) is 0. The summed E-state index contributed by atoms with van der Waals surface area (Å²) < 4.78 is 0. The summed E-state index contributed by atoms with van der Waals surface area (Å²) in [6.07, 6.45) is 3.16. The van der Waals surface area contributed by atoms with Gasteiger partial charge in [-0.25, -0.2) is 4.98 Å². The fraction of sp³-hybridized carbons (Fsp3) is 0.200. The molecular formula is C20H20N4S. The van der Waals surface area contributed by atoms with Gasteiger partial charge in [0.15, 0.2) is 0 Å². The first-order valence-corrected chi connectivity index (χ1v) is 9.22. The first kappa shape index (κ1) is 15.8. The summed E-state index contributed by atoms with van der Waals surface area (Å²) in [5, 5.41) is 3.55. The number of rotatable bonds is 4. The van der Waals surface area contributed by atoms with Crippen LogP contribution >= 0.6 is 11.3 Å². The molecule has 0 radical (unpaired) electrons. The molecule has 0 spiro atoms. The molecule has 0 atom stereocenters. The second-order valence-electron chi connectivity index (χ2n) is 6.33. The molecule has 4 rings (SSSR count). The minimum Gasteiger partial charge on any atom is -0.383 e. The van der Waals surface area contributed by atoms with Gasteiger partial charge in [-0.3, -0.25) is 0 Å². The maximum absolute atomic E-state index is 6.02. The normalized spacial score (nSPS) is 11.4. The van der Waals surface area contributed by atoms with Crippen molar-refractivity contribution in [1.82, 2.24) is 9.97 Å².